The normalized spacial score (nSPS) is 12.0. The lowest BCUT2D eigenvalue weighted by Gasteiger charge is -2.18. The van der Waals surface area contributed by atoms with Crippen LogP contribution in [-0.2, 0) is 28.6 Å². The van der Waals surface area contributed by atoms with Crippen molar-refractivity contribution in [3.8, 4) is 0 Å². The van der Waals surface area contributed by atoms with Gasteiger partial charge in [-0.1, -0.05) is 279 Å². The van der Waals surface area contributed by atoms with E-state index < -0.39 is 6.10 Å². The summed E-state index contributed by atoms with van der Waals surface area (Å²) >= 11 is 0. The first-order valence-electron chi connectivity index (χ1n) is 28.2. The molecule has 0 spiro atoms. The number of unbranched alkanes of at least 4 members (excludes halogenated alkanes) is 36. The molecule has 6 heteroatoms. The van der Waals surface area contributed by atoms with Gasteiger partial charge in [0.25, 0.3) is 0 Å². The minimum Gasteiger partial charge on any atom is -0.462 e. The van der Waals surface area contributed by atoms with E-state index in [1.54, 1.807) is 0 Å². The molecule has 0 fully saturated rings. The third-order valence-corrected chi connectivity index (χ3v) is 13.0. The van der Waals surface area contributed by atoms with Crippen molar-refractivity contribution in [1.29, 1.82) is 0 Å². The van der Waals surface area contributed by atoms with Gasteiger partial charge in [-0.15, -0.1) is 0 Å². The van der Waals surface area contributed by atoms with Crippen molar-refractivity contribution in [2.24, 2.45) is 11.8 Å². The van der Waals surface area contributed by atoms with Gasteiger partial charge in [0.05, 0.1) is 0 Å². The van der Waals surface area contributed by atoms with E-state index in [2.05, 4.69) is 34.6 Å². The minimum atomic E-state index is -0.761. The van der Waals surface area contributed by atoms with Gasteiger partial charge in [-0.2, -0.15) is 0 Å². The van der Waals surface area contributed by atoms with E-state index in [4.69, 9.17) is 14.2 Å². The Kier molecular flexibility index (Phi) is 48.6. The summed E-state index contributed by atoms with van der Waals surface area (Å²) in [5.74, 6) is 0.848. The van der Waals surface area contributed by atoms with Gasteiger partial charge in [0.2, 0.25) is 0 Å². The van der Waals surface area contributed by atoms with Gasteiger partial charge in [-0.05, 0) is 31.1 Å². The predicted octanol–water partition coefficient (Wildman–Crippen LogP) is 18.5. The summed E-state index contributed by atoms with van der Waals surface area (Å²) in [6, 6.07) is 0. The molecule has 0 saturated heterocycles. The molecule has 0 aliphatic heterocycles. The Morgan fingerprint density at radius 1 is 0.302 bits per heavy atom. The standard InChI is InChI=1S/C57H110O6/c1-6-7-8-9-10-25-34-39-44-49-57(60)63-54(51-62-56(59)48-43-38-33-29-24-20-19-22-27-31-36-41-46-53(4)5)50-61-55(58)47-42-37-32-28-23-18-16-14-12-11-13-15-17-21-26-30-35-40-45-52(2)3/h52-54H,6-51H2,1-5H3/t54-/m0/s1. The van der Waals surface area contributed by atoms with Crippen molar-refractivity contribution >= 4 is 17.9 Å². The lowest BCUT2D eigenvalue weighted by atomic mass is 10.0. The van der Waals surface area contributed by atoms with E-state index in [-0.39, 0.29) is 31.1 Å². The maximum atomic E-state index is 12.7. The van der Waals surface area contributed by atoms with Crippen LogP contribution >= 0.6 is 0 Å². The van der Waals surface area contributed by atoms with Crippen LogP contribution in [0.25, 0.3) is 0 Å². The van der Waals surface area contributed by atoms with E-state index in [0.29, 0.717) is 19.3 Å². The fraction of sp³-hybridized carbons (Fsp3) is 0.947. The first-order chi connectivity index (χ1) is 30.7. The summed E-state index contributed by atoms with van der Waals surface area (Å²) in [6.07, 6.45) is 52.5. The van der Waals surface area contributed by atoms with Crippen LogP contribution in [0.2, 0.25) is 0 Å². The molecule has 0 saturated carbocycles. The average molecular weight is 892 g/mol. The fourth-order valence-electron chi connectivity index (χ4n) is 8.70. The van der Waals surface area contributed by atoms with Crippen molar-refractivity contribution in [2.75, 3.05) is 13.2 Å². The molecule has 0 bridgehead atoms. The maximum absolute atomic E-state index is 12.7. The first-order valence-corrected chi connectivity index (χ1v) is 28.2. The number of hydrogen-bond donors (Lipinski definition) is 0. The molecule has 0 aliphatic rings. The number of carbonyl (C=O) groups is 3. The Hall–Kier alpha value is -1.59. The molecule has 0 N–H and O–H groups in total. The topological polar surface area (TPSA) is 78.9 Å². The van der Waals surface area contributed by atoms with Gasteiger partial charge in [-0.3, -0.25) is 14.4 Å². The summed E-state index contributed by atoms with van der Waals surface area (Å²) in [5, 5.41) is 0. The molecule has 0 aliphatic carbocycles. The summed E-state index contributed by atoms with van der Waals surface area (Å²) < 4.78 is 16.8. The molecule has 0 radical (unpaired) electrons. The van der Waals surface area contributed by atoms with Crippen LogP contribution in [-0.4, -0.2) is 37.2 Å². The zero-order chi connectivity index (χ0) is 46.1. The van der Waals surface area contributed by atoms with Crippen molar-refractivity contribution in [1.82, 2.24) is 0 Å². The maximum Gasteiger partial charge on any atom is 0.306 e. The van der Waals surface area contributed by atoms with Crippen molar-refractivity contribution in [2.45, 2.75) is 323 Å². The van der Waals surface area contributed by atoms with Gasteiger partial charge < -0.3 is 14.2 Å². The summed E-state index contributed by atoms with van der Waals surface area (Å²) in [5.41, 5.74) is 0. The molecule has 0 rings (SSSR count). The third kappa shape index (κ3) is 51.3. The molecule has 6 nitrogen and oxygen atoms in total. The molecule has 374 valence electrons. The molecular weight excluding hydrogens is 781 g/mol. The van der Waals surface area contributed by atoms with Crippen molar-refractivity contribution in [3.05, 3.63) is 0 Å². The predicted molar refractivity (Wildman–Crippen MR) is 270 cm³/mol. The molecule has 0 aromatic carbocycles. The lowest BCUT2D eigenvalue weighted by molar-refractivity contribution is -0.167. The van der Waals surface area contributed by atoms with E-state index >= 15 is 0 Å². The third-order valence-electron chi connectivity index (χ3n) is 13.0. The molecule has 1 atom stereocenters. The van der Waals surface area contributed by atoms with Gasteiger partial charge in [-0.25, -0.2) is 0 Å². The quantitative estimate of drug-likeness (QED) is 0.0344. The van der Waals surface area contributed by atoms with Crippen LogP contribution in [0.1, 0.15) is 317 Å². The molecule has 0 aromatic rings. The van der Waals surface area contributed by atoms with Crippen LogP contribution in [0.5, 0.6) is 0 Å². The van der Waals surface area contributed by atoms with Crippen LogP contribution in [0.4, 0.5) is 0 Å². The molecule has 0 aromatic heterocycles. The second-order valence-corrected chi connectivity index (χ2v) is 20.5. The molecular formula is C57H110O6. The highest BCUT2D eigenvalue weighted by Gasteiger charge is 2.19. The monoisotopic (exact) mass is 891 g/mol. The van der Waals surface area contributed by atoms with Crippen LogP contribution in [0.15, 0.2) is 0 Å². The van der Waals surface area contributed by atoms with Gasteiger partial charge >= 0.3 is 17.9 Å². The lowest BCUT2D eigenvalue weighted by Crippen LogP contribution is -2.30. The Morgan fingerprint density at radius 2 is 0.524 bits per heavy atom. The molecule has 0 amide bonds. The number of ether oxygens (including phenoxy) is 3. The molecule has 0 heterocycles. The Morgan fingerprint density at radius 3 is 0.778 bits per heavy atom. The highest BCUT2D eigenvalue weighted by molar-refractivity contribution is 5.71. The molecule has 63 heavy (non-hydrogen) atoms. The zero-order valence-corrected chi connectivity index (χ0v) is 43.2. The van der Waals surface area contributed by atoms with E-state index in [0.717, 1.165) is 69.6 Å². The number of esters is 3. The Bertz CT molecular complexity index is 962. The number of rotatable bonds is 51. The van der Waals surface area contributed by atoms with Crippen LogP contribution < -0.4 is 0 Å². The van der Waals surface area contributed by atoms with Crippen LogP contribution in [0, 0.1) is 11.8 Å². The van der Waals surface area contributed by atoms with E-state index in [1.165, 1.54) is 205 Å². The van der Waals surface area contributed by atoms with E-state index in [9.17, 15) is 14.4 Å². The Labute approximate surface area is 393 Å². The van der Waals surface area contributed by atoms with Crippen molar-refractivity contribution < 1.29 is 28.6 Å². The van der Waals surface area contributed by atoms with Gasteiger partial charge in [0.1, 0.15) is 13.2 Å². The van der Waals surface area contributed by atoms with Crippen molar-refractivity contribution in [3.63, 3.8) is 0 Å². The summed E-state index contributed by atoms with van der Waals surface area (Å²) in [7, 11) is 0. The van der Waals surface area contributed by atoms with E-state index in [1.807, 2.05) is 0 Å². The minimum absolute atomic E-state index is 0.0631. The Balaban J connectivity index is 4.16. The zero-order valence-electron chi connectivity index (χ0n) is 43.2. The highest BCUT2D eigenvalue weighted by atomic mass is 16.6. The second-order valence-electron chi connectivity index (χ2n) is 20.5. The largest absolute Gasteiger partial charge is 0.462 e. The van der Waals surface area contributed by atoms with Gasteiger partial charge in [0, 0.05) is 19.3 Å². The average Bonchev–Trinajstić information content (AvgIpc) is 3.25. The summed E-state index contributed by atoms with van der Waals surface area (Å²) in [6.45, 7) is 11.4. The second kappa shape index (κ2) is 49.8. The fourth-order valence-corrected chi connectivity index (χ4v) is 8.70. The van der Waals surface area contributed by atoms with Gasteiger partial charge in [0.15, 0.2) is 6.10 Å². The smallest absolute Gasteiger partial charge is 0.306 e. The SMILES string of the molecule is CCCCCCCCCCCC(=O)O[C@@H](COC(=O)CCCCCCCCCCCCCCCCCCCCC(C)C)COC(=O)CCCCCCCCCCCCCCC(C)C. The number of carbonyl (C=O) groups excluding carboxylic acids is 3. The first kappa shape index (κ1) is 61.4. The summed E-state index contributed by atoms with van der Waals surface area (Å²) in [4.78, 5) is 38.0. The highest BCUT2D eigenvalue weighted by Crippen LogP contribution is 2.18. The van der Waals surface area contributed by atoms with Crippen LogP contribution in [0.3, 0.4) is 0 Å². The molecule has 0 unspecified atom stereocenters. The number of hydrogen-bond acceptors (Lipinski definition) is 6.